The second-order valence-electron chi connectivity index (χ2n) is 12.4. The molecule has 7 aromatic rings. The Kier molecular flexibility index (Phi) is 9.30. The van der Waals surface area contributed by atoms with E-state index in [1.165, 1.54) is 18.6 Å². The highest BCUT2D eigenvalue weighted by molar-refractivity contribution is 5.85. The van der Waals surface area contributed by atoms with E-state index in [0.29, 0.717) is 50.1 Å². The number of alkyl halides is 9. The van der Waals surface area contributed by atoms with Crippen LogP contribution < -0.4 is 0 Å². The van der Waals surface area contributed by atoms with Gasteiger partial charge in [0.05, 0.1) is 16.7 Å². The minimum atomic E-state index is -4.60. The molecular weight excluding hydrogens is 717 g/mol. The van der Waals surface area contributed by atoms with Gasteiger partial charge in [-0.05, 0) is 105 Å². The topological polar surface area (TPSA) is 38.7 Å². The molecule has 3 nitrogen and oxygen atoms in total. The van der Waals surface area contributed by atoms with Gasteiger partial charge in [-0.1, -0.05) is 54.6 Å². The number of benzene rings is 4. The summed E-state index contributed by atoms with van der Waals surface area (Å²) < 4.78 is 122. The fourth-order valence-electron chi connectivity index (χ4n) is 6.02. The quantitative estimate of drug-likeness (QED) is 0.159. The summed E-state index contributed by atoms with van der Waals surface area (Å²) >= 11 is 0. The van der Waals surface area contributed by atoms with E-state index in [2.05, 4.69) is 15.0 Å². The molecule has 3 heterocycles. The third kappa shape index (κ3) is 7.87. The smallest absolute Gasteiger partial charge is 0.263 e. The molecule has 0 aliphatic rings. The van der Waals surface area contributed by atoms with E-state index >= 15 is 0 Å². The van der Waals surface area contributed by atoms with E-state index in [1.807, 2.05) is 18.2 Å². The van der Waals surface area contributed by atoms with Gasteiger partial charge in [-0.3, -0.25) is 15.0 Å². The molecule has 0 aliphatic carbocycles. The van der Waals surface area contributed by atoms with Gasteiger partial charge in [-0.2, -0.15) is 39.5 Å². The number of hydrogen-bond acceptors (Lipinski definition) is 3. The van der Waals surface area contributed by atoms with Gasteiger partial charge in [0.25, 0.3) is 0 Å². The SMILES string of the molecule is FC(F)(F)c1cncc(-c2cccc(-c3cc(-c4cccc(-c5cncc(C(F)(F)F)c5)c4)cc(-c4cccc(-c5cncc(C(F)(F)F)c5)c4)c3)c2)c1. The zero-order valence-electron chi connectivity index (χ0n) is 27.6. The monoisotopic (exact) mass is 741 g/mol. The van der Waals surface area contributed by atoms with Crippen molar-refractivity contribution in [3.05, 3.63) is 163 Å². The van der Waals surface area contributed by atoms with E-state index < -0.39 is 35.2 Å². The standard InChI is InChI=1S/C42H24F9N3/c43-40(44,45)37-16-34(19-52-22-37)28-7-1-4-25(10-28)31-13-32(26-5-2-8-29(11-26)35-17-38(23-53-20-35)41(46,47)48)15-33(14-31)27-6-3-9-30(12-27)36-18-39(24-54-21-36)42(49,50)51/h1-24H. The van der Waals surface area contributed by atoms with Crippen molar-refractivity contribution in [1.82, 2.24) is 15.0 Å². The molecule has 12 heteroatoms. The van der Waals surface area contributed by atoms with E-state index in [1.54, 1.807) is 72.8 Å². The summed E-state index contributed by atoms with van der Waals surface area (Å²) in [5.41, 5.74) is 3.24. The predicted molar refractivity (Wildman–Crippen MR) is 187 cm³/mol. The third-order valence-electron chi connectivity index (χ3n) is 8.72. The first-order chi connectivity index (χ1) is 25.6. The Balaban J connectivity index is 1.37. The van der Waals surface area contributed by atoms with Crippen molar-refractivity contribution >= 4 is 0 Å². The first-order valence-electron chi connectivity index (χ1n) is 16.2. The molecule has 0 saturated carbocycles. The van der Waals surface area contributed by atoms with Crippen LogP contribution in [0.1, 0.15) is 16.7 Å². The highest BCUT2D eigenvalue weighted by Crippen LogP contribution is 2.39. The van der Waals surface area contributed by atoms with Gasteiger partial charge >= 0.3 is 18.5 Å². The Morgan fingerprint density at radius 3 is 0.722 bits per heavy atom. The van der Waals surface area contributed by atoms with Gasteiger partial charge in [0.2, 0.25) is 0 Å². The molecule has 270 valence electrons. The van der Waals surface area contributed by atoms with Crippen molar-refractivity contribution in [3.63, 3.8) is 0 Å². The number of rotatable bonds is 6. The van der Waals surface area contributed by atoms with Crippen LogP contribution in [-0.4, -0.2) is 15.0 Å². The first-order valence-corrected chi connectivity index (χ1v) is 16.2. The molecule has 0 bridgehead atoms. The molecule has 0 N–H and O–H groups in total. The van der Waals surface area contributed by atoms with Gasteiger partial charge < -0.3 is 0 Å². The van der Waals surface area contributed by atoms with Gasteiger partial charge in [0, 0.05) is 53.9 Å². The summed E-state index contributed by atoms with van der Waals surface area (Å²) in [5, 5.41) is 0. The first kappa shape index (κ1) is 36.1. The van der Waals surface area contributed by atoms with Gasteiger partial charge in [0.15, 0.2) is 0 Å². The van der Waals surface area contributed by atoms with Crippen LogP contribution in [0.2, 0.25) is 0 Å². The molecule has 0 aliphatic heterocycles. The molecule has 3 aromatic heterocycles. The van der Waals surface area contributed by atoms with Crippen LogP contribution in [0.25, 0.3) is 66.8 Å². The lowest BCUT2D eigenvalue weighted by atomic mass is 9.90. The highest BCUT2D eigenvalue weighted by atomic mass is 19.4. The molecule has 0 spiro atoms. The Hall–Kier alpha value is -6.30. The summed E-state index contributed by atoms with van der Waals surface area (Å²) in [7, 11) is 0. The average molecular weight is 742 g/mol. The van der Waals surface area contributed by atoms with Crippen LogP contribution in [0.5, 0.6) is 0 Å². The molecule has 0 radical (unpaired) electrons. The largest absolute Gasteiger partial charge is 0.417 e. The molecule has 7 rings (SSSR count). The molecule has 0 fully saturated rings. The lowest BCUT2D eigenvalue weighted by molar-refractivity contribution is -0.138. The van der Waals surface area contributed by atoms with E-state index in [4.69, 9.17) is 0 Å². The molecule has 0 amide bonds. The number of nitrogens with zero attached hydrogens (tertiary/aromatic N) is 3. The second kappa shape index (κ2) is 13.9. The predicted octanol–water partition coefficient (Wildman–Crippen LogP) is 12.9. The maximum absolute atomic E-state index is 13.5. The normalized spacial score (nSPS) is 12.2. The van der Waals surface area contributed by atoms with Crippen molar-refractivity contribution in [1.29, 1.82) is 0 Å². The summed E-state index contributed by atoms with van der Waals surface area (Å²) in [6.45, 7) is 0. The minimum Gasteiger partial charge on any atom is -0.263 e. The second-order valence-corrected chi connectivity index (χ2v) is 12.4. The highest BCUT2D eigenvalue weighted by Gasteiger charge is 2.33. The van der Waals surface area contributed by atoms with Crippen LogP contribution in [0.15, 0.2) is 146 Å². The van der Waals surface area contributed by atoms with E-state index in [-0.39, 0.29) is 16.7 Å². The summed E-state index contributed by atoms with van der Waals surface area (Å²) in [6, 6.07) is 29.1. The number of aromatic nitrogens is 3. The van der Waals surface area contributed by atoms with Gasteiger partial charge in [-0.15, -0.1) is 0 Å². The number of pyridine rings is 3. The molecule has 4 aromatic carbocycles. The Labute approximate surface area is 302 Å². The lowest BCUT2D eigenvalue weighted by Gasteiger charge is -2.14. The van der Waals surface area contributed by atoms with E-state index in [0.717, 1.165) is 36.8 Å². The van der Waals surface area contributed by atoms with Crippen LogP contribution in [0, 0.1) is 0 Å². The number of hydrogen-bond donors (Lipinski definition) is 0. The van der Waals surface area contributed by atoms with Crippen LogP contribution in [-0.2, 0) is 18.5 Å². The molecule has 0 saturated heterocycles. The van der Waals surface area contributed by atoms with Crippen molar-refractivity contribution in [3.8, 4) is 66.8 Å². The lowest BCUT2D eigenvalue weighted by Crippen LogP contribution is -2.05. The minimum absolute atomic E-state index is 0.243. The molecular formula is C42H24F9N3. The van der Waals surface area contributed by atoms with Crippen molar-refractivity contribution in [2.24, 2.45) is 0 Å². The fourth-order valence-corrected chi connectivity index (χ4v) is 6.02. The molecule has 0 unspecified atom stereocenters. The van der Waals surface area contributed by atoms with Crippen LogP contribution in [0.3, 0.4) is 0 Å². The van der Waals surface area contributed by atoms with Crippen LogP contribution in [0.4, 0.5) is 39.5 Å². The summed E-state index contributed by atoms with van der Waals surface area (Å²) in [4.78, 5) is 11.4. The maximum atomic E-state index is 13.5. The fraction of sp³-hybridized carbons (Fsp3) is 0.0714. The summed E-state index contributed by atoms with van der Waals surface area (Å²) in [6.07, 6.45) is -7.55. The van der Waals surface area contributed by atoms with Crippen molar-refractivity contribution < 1.29 is 39.5 Å². The Morgan fingerprint density at radius 1 is 0.259 bits per heavy atom. The molecule has 54 heavy (non-hydrogen) atoms. The van der Waals surface area contributed by atoms with Crippen molar-refractivity contribution in [2.45, 2.75) is 18.5 Å². The van der Waals surface area contributed by atoms with Gasteiger partial charge in [-0.25, -0.2) is 0 Å². The average Bonchev–Trinajstić information content (AvgIpc) is 3.17. The van der Waals surface area contributed by atoms with Crippen molar-refractivity contribution in [2.75, 3.05) is 0 Å². The third-order valence-corrected chi connectivity index (χ3v) is 8.72. The Morgan fingerprint density at radius 2 is 0.481 bits per heavy atom. The zero-order chi connectivity index (χ0) is 38.3. The van der Waals surface area contributed by atoms with Crippen LogP contribution >= 0.6 is 0 Å². The maximum Gasteiger partial charge on any atom is 0.417 e. The zero-order valence-corrected chi connectivity index (χ0v) is 27.6. The van der Waals surface area contributed by atoms with E-state index in [9.17, 15) is 39.5 Å². The number of halogens is 9. The van der Waals surface area contributed by atoms with Gasteiger partial charge in [0.1, 0.15) is 0 Å². The molecule has 0 atom stereocenters. The Bertz CT molecular complexity index is 2200. The summed E-state index contributed by atoms with van der Waals surface area (Å²) in [5.74, 6) is 0.